The number of non-ortho nitro benzene ring substituents is 1. The molecule has 3 aliphatic rings. The fraction of sp³-hybridized carbons (Fsp3) is 0.171. The second-order valence-electron chi connectivity index (χ2n) is 11.1. The number of carbonyl (C=O) groups excluding carboxylic acids is 3. The van der Waals surface area contributed by atoms with Crippen LogP contribution in [0, 0.1) is 22.0 Å². The van der Waals surface area contributed by atoms with E-state index in [-0.39, 0.29) is 17.1 Å². The van der Waals surface area contributed by atoms with E-state index in [9.17, 15) is 24.5 Å². The van der Waals surface area contributed by atoms with Crippen LogP contribution in [-0.2, 0) is 19.1 Å². The number of hydrogen-bond donors (Lipinski definition) is 0. The van der Waals surface area contributed by atoms with E-state index in [1.165, 1.54) is 19.2 Å². The van der Waals surface area contributed by atoms with Crippen LogP contribution in [0.25, 0.3) is 6.08 Å². The molecule has 45 heavy (non-hydrogen) atoms. The van der Waals surface area contributed by atoms with Gasteiger partial charge in [0, 0.05) is 17.8 Å². The predicted octanol–water partition coefficient (Wildman–Crippen LogP) is 5.33. The molecule has 2 saturated heterocycles. The molecule has 0 aromatic heterocycles. The molecule has 0 aliphatic carbocycles. The number of amides is 2. The third kappa shape index (κ3) is 4.53. The third-order valence-corrected chi connectivity index (χ3v) is 8.71. The van der Waals surface area contributed by atoms with Gasteiger partial charge in [0.2, 0.25) is 11.8 Å². The number of methoxy groups -OCH3 is 1. The van der Waals surface area contributed by atoms with E-state index in [0.717, 1.165) is 27.7 Å². The fourth-order valence-corrected chi connectivity index (χ4v) is 6.76. The van der Waals surface area contributed by atoms with Crippen molar-refractivity contribution < 1.29 is 28.8 Å². The highest BCUT2D eigenvalue weighted by Gasteiger charge is 2.65. The molecule has 3 aliphatic heterocycles. The van der Waals surface area contributed by atoms with E-state index in [4.69, 9.17) is 9.47 Å². The van der Waals surface area contributed by atoms with Gasteiger partial charge < -0.3 is 14.4 Å². The molecule has 10 heteroatoms. The minimum Gasteiger partial charge on any atom is -0.495 e. The van der Waals surface area contributed by atoms with Crippen LogP contribution in [0.2, 0.25) is 0 Å². The molecule has 0 saturated carbocycles. The number of hydrogen-bond acceptors (Lipinski definition) is 8. The van der Waals surface area contributed by atoms with Crippen LogP contribution in [0.5, 0.6) is 5.75 Å². The van der Waals surface area contributed by atoms with E-state index in [1.807, 2.05) is 102 Å². The van der Waals surface area contributed by atoms with Gasteiger partial charge in [-0.25, -0.2) is 9.69 Å². The average molecular weight is 602 g/mol. The van der Waals surface area contributed by atoms with Crippen molar-refractivity contribution in [2.45, 2.75) is 18.2 Å². The monoisotopic (exact) mass is 601 g/mol. The summed E-state index contributed by atoms with van der Waals surface area (Å²) in [5, 5.41) is 11.6. The number of ether oxygens (including phenoxy) is 2. The van der Waals surface area contributed by atoms with Crippen molar-refractivity contribution in [2.24, 2.45) is 11.8 Å². The first-order valence-corrected chi connectivity index (χ1v) is 14.4. The van der Waals surface area contributed by atoms with Crippen LogP contribution < -0.4 is 14.5 Å². The van der Waals surface area contributed by atoms with Gasteiger partial charge in [-0.3, -0.25) is 19.7 Å². The normalized spacial score (nSPS) is 21.4. The Morgan fingerprint density at radius 2 is 1.44 bits per heavy atom. The van der Waals surface area contributed by atoms with Gasteiger partial charge in [0.05, 0.1) is 29.9 Å². The van der Waals surface area contributed by atoms with Crippen molar-refractivity contribution in [2.75, 3.05) is 16.9 Å². The molecule has 2 amide bonds. The summed E-state index contributed by atoms with van der Waals surface area (Å²) in [6.07, 6.45) is 2.94. The lowest BCUT2D eigenvalue weighted by Crippen LogP contribution is -2.49. The summed E-state index contributed by atoms with van der Waals surface area (Å²) in [5.41, 5.74) is 2.70. The highest BCUT2D eigenvalue weighted by molar-refractivity contribution is 6.25. The van der Waals surface area contributed by atoms with E-state index >= 15 is 0 Å². The Bertz CT molecular complexity index is 1820. The largest absolute Gasteiger partial charge is 0.495 e. The molecule has 0 bridgehead atoms. The zero-order valence-corrected chi connectivity index (χ0v) is 24.1. The zero-order chi connectivity index (χ0) is 31.2. The van der Waals surface area contributed by atoms with Gasteiger partial charge in [0.15, 0.2) is 6.10 Å². The maximum atomic E-state index is 14.5. The van der Waals surface area contributed by atoms with Crippen LogP contribution in [-0.4, -0.2) is 41.9 Å². The van der Waals surface area contributed by atoms with Gasteiger partial charge in [0.25, 0.3) is 5.69 Å². The minimum atomic E-state index is -1.16. The number of imide groups is 1. The summed E-state index contributed by atoms with van der Waals surface area (Å²) in [4.78, 5) is 56.8. The number of nitro benzene ring substituents is 1. The Kier molecular flexibility index (Phi) is 6.89. The van der Waals surface area contributed by atoms with Gasteiger partial charge >= 0.3 is 5.97 Å². The molecule has 4 aromatic carbocycles. The highest BCUT2D eigenvalue weighted by atomic mass is 16.6. The number of rotatable bonds is 7. The van der Waals surface area contributed by atoms with Crippen molar-refractivity contribution >= 4 is 40.9 Å². The number of carbonyl (C=O) groups is 3. The van der Waals surface area contributed by atoms with E-state index in [2.05, 4.69) is 0 Å². The number of nitro groups is 1. The number of nitrogens with zero attached hydrogens (tertiary/aromatic N) is 3. The second kappa shape index (κ2) is 11.1. The van der Waals surface area contributed by atoms with E-state index in [1.54, 1.807) is 0 Å². The molecule has 4 atom stereocenters. The van der Waals surface area contributed by atoms with Crippen molar-refractivity contribution in [3.8, 4) is 5.75 Å². The maximum absolute atomic E-state index is 14.5. The Morgan fingerprint density at radius 3 is 2.09 bits per heavy atom. The second-order valence-corrected chi connectivity index (χ2v) is 11.1. The Balaban J connectivity index is 1.33. The summed E-state index contributed by atoms with van der Waals surface area (Å²) in [7, 11) is 1.35. The number of esters is 1. The van der Waals surface area contributed by atoms with Gasteiger partial charge in [-0.1, -0.05) is 91.0 Å². The van der Waals surface area contributed by atoms with Gasteiger partial charge in [-0.05, 0) is 28.8 Å². The number of benzene rings is 4. The first-order valence-electron chi connectivity index (χ1n) is 14.4. The lowest BCUT2D eigenvalue weighted by atomic mass is 9.88. The minimum absolute atomic E-state index is 0.0404. The van der Waals surface area contributed by atoms with Crippen molar-refractivity contribution in [1.29, 1.82) is 0 Å². The Hall–Kier alpha value is -5.77. The predicted molar refractivity (Wildman–Crippen MR) is 165 cm³/mol. The number of fused-ring (bicyclic) bond motifs is 5. The Morgan fingerprint density at radius 1 is 0.822 bits per heavy atom. The number of para-hydroxylation sites is 1. The third-order valence-electron chi connectivity index (χ3n) is 8.71. The molecule has 0 radical (unpaired) electrons. The van der Waals surface area contributed by atoms with Crippen molar-refractivity contribution in [3.63, 3.8) is 0 Å². The summed E-state index contributed by atoms with van der Waals surface area (Å²) >= 11 is 0. The lowest BCUT2D eigenvalue weighted by molar-refractivity contribution is -0.384. The standard InChI is InChI=1S/C35H27N3O7/c1-44-28-19-17-24(38(42)43)20-27(28)37-33(39)29-26-18-16-21-10-8-9-15-25(21)36(26)31(30(29)34(37)40)35(41)45-32(22-11-4-2-5-12-22)23-13-6-3-7-14-23/h2-20,26,29-32H,1H3/t26-,29-,30-,31+/m1/s1. The summed E-state index contributed by atoms with van der Waals surface area (Å²) in [5.74, 6) is -3.83. The topological polar surface area (TPSA) is 119 Å². The molecular weight excluding hydrogens is 574 g/mol. The molecule has 2 fully saturated rings. The van der Waals surface area contributed by atoms with Crippen LogP contribution >= 0.6 is 0 Å². The zero-order valence-electron chi connectivity index (χ0n) is 24.1. The molecular formula is C35H27N3O7. The van der Waals surface area contributed by atoms with E-state index < -0.39 is 52.7 Å². The van der Waals surface area contributed by atoms with Crippen LogP contribution in [0.1, 0.15) is 22.8 Å². The molecule has 4 aromatic rings. The maximum Gasteiger partial charge on any atom is 0.330 e. The quantitative estimate of drug-likeness (QED) is 0.121. The van der Waals surface area contributed by atoms with Crippen LogP contribution in [0.4, 0.5) is 17.1 Å². The highest BCUT2D eigenvalue weighted by Crippen LogP contribution is 2.51. The molecule has 0 spiro atoms. The average Bonchev–Trinajstić information content (AvgIpc) is 3.56. The first-order chi connectivity index (χ1) is 21.9. The Labute approximate surface area is 258 Å². The van der Waals surface area contributed by atoms with Gasteiger partial charge in [-0.15, -0.1) is 0 Å². The molecule has 224 valence electrons. The molecule has 0 N–H and O–H groups in total. The fourth-order valence-electron chi connectivity index (χ4n) is 6.76. The van der Waals surface area contributed by atoms with Crippen LogP contribution in [0.3, 0.4) is 0 Å². The van der Waals surface area contributed by atoms with Crippen LogP contribution in [0.15, 0.2) is 109 Å². The first kappa shape index (κ1) is 28.0. The summed E-state index contributed by atoms with van der Waals surface area (Å²) in [6, 6.07) is 28.0. The lowest BCUT2D eigenvalue weighted by Gasteiger charge is -2.36. The number of anilines is 2. The SMILES string of the molecule is COc1ccc([N+](=O)[O-])cc1N1C(=O)[C@@H]2[C@H](C1=O)[C@H]1C=Cc3ccccc3N1[C@@H]2C(=O)OC(c1ccccc1)c1ccccc1. The van der Waals surface area contributed by atoms with Gasteiger partial charge in [0.1, 0.15) is 17.5 Å². The van der Waals surface area contributed by atoms with Gasteiger partial charge in [-0.2, -0.15) is 0 Å². The van der Waals surface area contributed by atoms with E-state index in [0.29, 0.717) is 5.69 Å². The molecule has 3 heterocycles. The summed E-state index contributed by atoms with van der Waals surface area (Å²) < 4.78 is 11.7. The molecule has 0 unspecified atom stereocenters. The molecule has 10 nitrogen and oxygen atoms in total. The summed E-state index contributed by atoms with van der Waals surface area (Å²) in [6.45, 7) is 0. The van der Waals surface area contributed by atoms with Crippen molar-refractivity contribution in [3.05, 3.63) is 136 Å². The molecule has 7 rings (SSSR count). The smallest absolute Gasteiger partial charge is 0.330 e. The van der Waals surface area contributed by atoms with Crippen molar-refractivity contribution in [1.82, 2.24) is 0 Å².